The van der Waals surface area contributed by atoms with Gasteiger partial charge in [-0.05, 0) is 37.3 Å². The van der Waals surface area contributed by atoms with Gasteiger partial charge in [-0.15, -0.1) is 0 Å². The van der Waals surface area contributed by atoms with Crippen LogP contribution in [0, 0.1) is 6.92 Å². The molecular weight excluding hydrogens is 528 g/mol. The number of ether oxygens (including phenoxy) is 5. The Kier molecular flexibility index (Phi) is 6.87. The van der Waals surface area contributed by atoms with Gasteiger partial charge in [-0.2, -0.15) is 0 Å². The number of fused-ring (bicyclic) bond motifs is 1. The van der Waals surface area contributed by atoms with Gasteiger partial charge in [0.2, 0.25) is 0 Å². The van der Waals surface area contributed by atoms with Crippen molar-refractivity contribution >= 4 is 39.9 Å². The summed E-state index contributed by atoms with van der Waals surface area (Å²) < 4.78 is 26.9. The second-order valence-electron chi connectivity index (χ2n) is 8.54. The Morgan fingerprint density at radius 2 is 1.79 bits per heavy atom. The lowest BCUT2D eigenvalue weighted by molar-refractivity contribution is -0.132. The predicted molar refractivity (Wildman–Crippen MR) is 140 cm³/mol. The van der Waals surface area contributed by atoms with E-state index in [4.69, 9.17) is 23.7 Å². The number of carbonyl (C=O) groups excluding carboxylic acids is 3. The third-order valence-corrected chi connectivity index (χ3v) is 7.49. The fraction of sp³-hybridized carbons (Fsp3) is 0.259. The van der Waals surface area contributed by atoms with Gasteiger partial charge in [0.15, 0.2) is 16.6 Å². The van der Waals surface area contributed by atoms with Crippen LogP contribution >= 0.6 is 11.3 Å². The van der Waals surface area contributed by atoms with E-state index < -0.39 is 29.5 Å². The monoisotopic (exact) mass is 552 g/mol. The van der Waals surface area contributed by atoms with E-state index in [2.05, 4.69) is 4.98 Å². The molecule has 2 aromatic carbocycles. The van der Waals surface area contributed by atoms with Crippen molar-refractivity contribution in [3.8, 4) is 23.0 Å². The molecule has 11 nitrogen and oxygen atoms in total. The molecule has 0 radical (unpaired) electrons. The van der Waals surface area contributed by atoms with Crippen LogP contribution in [0.15, 0.2) is 42.0 Å². The van der Waals surface area contributed by atoms with Crippen LogP contribution in [0.4, 0.5) is 5.13 Å². The normalized spacial score (nSPS) is 17.7. The summed E-state index contributed by atoms with van der Waals surface area (Å²) in [6, 6.07) is 8.48. The highest BCUT2D eigenvalue weighted by atomic mass is 32.1. The predicted octanol–water partition coefficient (Wildman–Crippen LogP) is 3.65. The zero-order valence-electron chi connectivity index (χ0n) is 21.5. The molecule has 1 atom stereocenters. The number of carbonyl (C=O) groups is 3. The Balaban J connectivity index is 1.73. The number of aliphatic hydroxyl groups is 1. The van der Waals surface area contributed by atoms with Crippen LogP contribution in [-0.4, -0.2) is 62.3 Å². The summed E-state index contributed by atoms with van der Waals surface area (Å²) in [6.07, 6.45) is 0. The molecule has 3 aromatic rings. The van der Waals surface area contributed by atoms with Crippen molar-refractivity contribution in [3.05, 3.63) is 63.7 Å². The maximum absolute atomic E-state index is 13.5. The smallest absolute Gasteiger partial charge is 0.350 e. The SMILES string of the molecule is COC(=O)c1sc(N2C(=O)C(=O)/C(=C(/O)c3ccc4c(c3)OCCO4)C2c2ccc(OC)cc2OC)nc1C. The molecule has 2 aliphatic rings. The number of esters is 1. The first kappa shape index (κ1) is 26.0. The van der Waals surface area contributed by atoms with Gasteiger partial charge < -0.3 is 28.8 Å². The van der Waals surface area contributed by atoms with E-state index in [-0.39, 0.29) is 21.1 Å². The minimum absolute atomic E-state index is 0.0825. The van der Waals surface area contributed by atoms with Crippen molar-refractivity contribution in [1.29, 1.82) is 0 Å². The molecule has 1 N–H and O–H groups in total. The minimum Gasteiger partial charge on any atom is -0.507 e. The van der Waals surface area contributed by atoms with Crippen LogP contribution in [-0.2, 0) is 14.3 Å². The molecule has 12 heteroatoms. The van der Waals surface area contributed by atoms with Crippen molar-refractivity contribution in [2.24, 2.45) is 0 Å². The molecule has 1 saturated heterocycles. The summed E-state index contributed by atoms with van der Waals surface area (Å²) in [6.45, 7) is 2.32. The van der Waals surface area contributed by atoms with Crippen molar-refractivity contribution in [2.45, 2.75) is 13.0 Å². The highest BCUT2D eigenvalue weighted by Gasteiger charge is 2.49. The molecule has 1 aromatic heterocycles. The average molecular weight is 553 g/mol. The van der Waals surface area contributed by atoms with E-state index in [0.29, 0.717) is 47.5 Å². The molecule has 1 unspecified atom stereocenters. The number of hydrogen-bond donors (Lipinski definition) is 1. The van der Waals surface area contributed by atoms with E-state index in [1.54, 1.807) is 43.3 Å². The summed E-state index contributed by atoms with van der Waals surface area (Å²) in [5.74, 6) is -1.21. The molecule has 5 rings (SSSR count). The number of anilines is 1. The van der Waals surface area contributed by atoms with Crippen molar-refractivity contribution in [2.75, 3.05) is 39.4 Å². The van der Waals surface area contributed by atoms with Crippen molar-refractivity contribution < 1.29 is 43.2 Å². The van der Waals surface area contributed by atoms with Crippen LogP contribution in [0.2, 0.25) is 0 Å². The lowest BCUT2D eigenvalue weighted by Gasteiger charge is -2.25. The minimum atomic E-state index is -1.14. The maximum atomic E-state index is 13.5. The molecule has 0 saturated carbocycles. The quantitative estimate of drug-likeness (QED) is 0.209. The lowest BCUT2D eigenvalue weighted by atomic mass is 9.94. The highest BCUT2D eigenvalue weighted by molar-refractivity contribution is 7.17. The topological polar surface area (TPSA) is 134 Å². The van der Waals surface area contributed by atoms with Gasteiger partial charge in [0, 0.05) is 17.2 Å². The standard InChI is InChI=1S/C27H24N2O9S/c1-13-24(26(33)36-4)39-27(28-13)29-21(16-7-6-15(34-2)12-18(16)35-3)20(23(31)25(29)32)22(30)14-5-8-17-19(11-14)38-10-9-37-17/h5-8,11-12,21,30H,9-10H2,1-4H3/b22-20+. The zero-order valence-corrected chi connectivity index (χ0v) is 22.3. The van der Waals surface area contributed by atoms with E-state index >= 15 is 0 Å². The molecule has 39 heavy (non-hydrogen) atoms. The molecule has 202 valence electrons. The van der Waals surface area contributed by atoms with Gasteiger partial charge in [-0.1, -0.05) is 11.3 Å². The van der Waals surface area contributed by atoms with Crippen LogP contribution in [0.5, 0.6) is 23.0 Å². The van der Waals surface area contributed by atoms with Gasteiger partial charge >= 0.3 is 11.9 Å². The summed E-state index contributed by atoms with van der Waals surface area (Å²) in [5.41, 5.74) is 0.785. The summed E-state index contributed by atoms with van der Waals surface area (Å²) in [7, 11) is 4.17. The van der Waals surface area contributed by atoms with Crippen LogP contribution < -0.4 is 23.8 Å². The second kappa shape index (κ2) is 10.3. The number of hydrogen-bond acceptors (Lipinski definition) is 11. The number of benzene rings is 2. The molecule has 3 heterocycles. The van der Waals surface area contributed by atoms with E-state index in [9.17, 15) is 19.5 Å². The van der Waals surface area contributed by atoms with Gasteiger partial charge in [0.05, 0.1) is 32.6 Å². The number of aromatic nitrogens is 1. The third-order valence-electron chi connectivity index (χ3n) is 6.36. The molecule has 1 fully saturated rings. The Morgan fingerprint density at radius 3 is 2.49 bits per heavy atom. The largest absolute Gasteiger partial charge is 0.507 e. The molecule has 0 spiro atoms. The molecule has 0 aliphatic carbocycles. The number of nitrogens with zero attached hydrogens (tertiary/aromatic N) is 2. The number of thiazole rings is 1. The summed E-state index contributed by atoms with van der Waals surface area (Å²) in [4.78, 5) is 45.1. The van der Waals surface area contributed by atoms with Gasteiger partial charge in [-0.3, -0.25) is 14.5 Å². The van der Waals surface area contributed by atoms with Gasteiger partial charge in [0.25, 0.3) is 5.78 Å². The third kappa shape index (κ3) is 4.42. The fourth-order valence-corrected chi connectivity index (χ4v) is 5.49. The van der Waals surface area contributed by atoms with E-state index in [1.165, 1.54) is 21.3 Å². The van der Waals surface area contributed by atoms with Crippen molar-refractivity contribution in [1.82, 2.24) is 4.98 Å². The van der Waals surface area contributed by atoms with Gasteiger partial charge in [0.1, 0.15) is 41.4 Å². The van der Waals surface area contributed by atoms with Crippen LogP contribution in [0.25, 0.3) is 5.76 Å². The number of methoxy groups -OCH3 is 3. The molecule has 0 bridgehead atoms. The molecule has 1 amide bonds. The number of aryl methyl sites for hydroxylation is 1. The van der Waals surface area contributed by atoms with E-state index in [1.807, 2.05) is 0 Å². The van der Waals surface area contributed by atoms with Crippen molar-refractivity contribution in [3.63, 3.8) is 0 Å². The number of amides is 1. The lowest BCUT2D eigenvalue weighted by Crippen LogP contribution is -2.29. The Labute approximate surface area is 227 Å². The highest BCUT2D eigenvalue weighted by Crippen LogP contribution is 2.47. The number of ketones is 1. The van der Waals surface area contributed by atoms with E-state index in [0.717, 1.165) is 16.2 Å². The Morgan fingerprint density at radius 1 is 1.05 bits per heavy atom. The molecule has 2 aliphatic heterocycles. The maximum Gasteiger partial charge on any atom is 0.350 e. The average Bonchev–Trinajstić information content (AvgIpc) is 3.47. The second-order valence-corrected chi connectivity index (χ2v) is 9.52. The Bertz CT molecular complexity index is 1530. The first-order chi connectivity index (χ1) is 18.8. The van der Waals surface area contributed by atoms with Crippen LogP contribution in [0.1, 0.15) is 32.5 Å². The van der Waals surface area contributed by atoms with Gasteiger partial charge in [-0.25, -0.2) is 9.78 Å². The summed E-state index contributed by atoms with van der Waals surface area (Å²) >= 11 is 0.904. The Hall–Kier alpha value is -4.58. The zero-order chi connectivity index (χ0) is 27.8. The fourth-order valence-electron chi connectivity index (χ4n) is 4.48. The number of rotatable bonds is 6. The number of Topliss-reactive ketones (excluding diaryl/α,β-unsaturated/α-hetero) is 1. The van der Waals surface area contributed by atoms with Crippen LogP contribution in [0.3, 0.4) is 0 Å². The first-order valence-electron chi connectivity index (χ1n) is 11.8. The first-order valence-corrected chi connectivity index (χ1v) is 12.6. The summed E-state index contributed by atoms with van der Waals surface area (Å²) in [5, 5.41) is 11.6. The number of aliphatic hydroxyl groups excluding tert-OH is 1. The molecular formula is C27H24N2O9S.